The van der Waals surface area contributed by atoms with Gasteiger partial charge in [-0.05, 0) is 49.1 Å². The number of sulfonamides is 1. The highest BCUT2D eigenvalue weighted by Crippen LogP contribution is 2.35. The first-order valence-corrected chi connectivity index (χ1v) is 14.9. The van der Waals surface area contributed by atoms with Gasteiger partial charge in [0.1, 0.15) is 24.1 Å². The number of hydrogen-bond donors (Lipinski definition) is 1. The number of anilines is 1. The van der Waals surface area contributed by atoms with Crippen molar-refractivity contribution in [3.8, 4) is 11.5 Å². The molecule has 3 aromatic carbocycles. The summed E-state index contributed by atoms with van der Waals surface area (Å²) in [6.07, 6.45) is 0.488. The topological polar surface area (TPSA) is 105 Å². The Labute approximate surface area is 243 Å². The Morgan fingerprint density at radius 1 is 0.878 bits per heavy atom. The second-order valence-electron chi connectivity index (χ2n) is 10.0. The van der Waals surface area contributed by atoms with Crippen molar-refractivity contribution in [2.45, 2.75) is 38.1 Å². The molecular weight excluding hydrogens is 542 g/mol. The van der Waals surface area contributed by atoms with E-state index in [0.717, 1.165) is 9.87 Å². The van der Waals surface area contributed by atoms with E-state index in [1.54, 1.807) is 37.3 Å². The van der Waals surface area contributed by atoms with Gasteiger partial charge in [-0.25, -0.2) is 8.42 Å². The lowest BCUT2D eigenvalue weighted by Crippen LogP contribution is -2.52. The summed E-state index contributed by atoms with van der Waals surface area (Å²) in [6.45, 7) is 5.74. The summed E-state index contributed by atoms with van der Waals surface area (Å²) in [6, 6.07) is 21.4. The second-order valence-corrected chi connectivity index (χ2v) is 11.9. The third-order valence-electron chi connectivity index (χ3n) is 6.60. The Bertz CT molecular complexity index is 1400. The molecule has 1 atom stereocenters. The minimum Gasteiger partial charge on any atom is -0.497 e. The zero-order chi connectivity index (χ0) is 30.0. The van der Waals surface area contributed by atoms with E-state index in [2.05, 4.69) is 5.32 Å². The molecule has 220 valence electrons. The zero-order valence-corrected chi connectivity index (χ0v) is 25.1. The maximum atomic E-state index is 14.0. The molecule has 0 spiro atoms. The van der Waals surface area contributed by atoms with E-state index in [1.165, 1.54) is 37.3 Å². The van der Waals surface area contributed by atoms with E-state index >= 15 is 0 Å². The minimum absolute atomic E-state index is 0.0104. The Kier molecular flexibility index (Phi) is 11.2. The van der Waals surface area contributed by atoms with Gasteiger partial charge in [-0.1, -0.05) is 62.4 Å². The van der Waals surface area contributed by atoms with Crippen molar-refractivity contribution in [1.82, 2.24) is 10.2 Å². The molecule has 9 nitrogen and oxygen atoms in total. The number of methoxy groups -OCH3 is 2. The number of hydrogen-bond acceptors (Lipinski definition) is 6. The van der Waals surface area contributed by atoms with Gasteiger partial charge in [-0.2, -0.15) is 0 Å². The first-order valence-electron chi connectivity index (χ1n) is 13.5. The Morgan fingerprint density at radius 3 is 2.10 bits per heavy atom. The normalized spacial score (nSPS) is 12.0. The summed E-state index contributed by atoms with van der Waals surface area (Å²) in [5.74, 6) is 0.0289. The fraction of sp³-hybridized carbons (Fsp3) is 0.355. The van der Waals surface area contributed by atoms with Crippen LogP contribution in [0.4, 0.5) is 5.69 Å². The zero-order valence-electron chi connectivity index (χ0n) is 24.2. The number of carbonyl (C=O) groups is 2. The van der Waals surface area contributed by atoms with Crippen molar-refractivity contribution < 1.29 is 27.5 Å². The summed E-state index contributed by atoms with van der Waals surface area (Å²) < 4.78 is 39.9. The summed E-state index contributed by atoms with van der Waals surface area (Å²) in [7, 11) is -1.33. The lowest BCUT2D eigenvalue weighted by atomic mass is 10.1. The number of nitrogens with one attached hydrogen (secondary N) is 1. The van der Waals surface area contributed by atoms with Gasteiger partial charge in [0.05, 0.1) is 24.8 Å². The summed E-state index contributed by atoms with van der Waals surface area (Å²) in [4.78, 5) is 28.6. The number of carbonyl (C=O) groups excluding carboxylic acids is 2. The molecule has 0 bridgehead atoms. The van der Waals surface area contributed by atoms with Crippen LogP contribution in [0.3, 0.4) is 0 Å². The summed E-state index contributed by atoms with van der Waals surface area (Å²) in [5, 5.41) is 2.89. The van der Waals surface area contributed by atoms with E-state index in [9.17, 15) is 18.0 Å². The third kappa shape index (κ3) is 8.23. The van der Waals surface area contributed by atoms with Crippen LogP contribution in [-0.4, -0.2) is 65.0 Å². The third-order valence-corrected chi connectivity index (χ3v) is 8.37. The van der Waals surface area contributed by atoms with Gasteiger partial charge in [0.15, 0.2) is 0 Å². The van der Waals surface area contributed by atoms with Crippen LogP contribution >= 0.6 is 0 Å². The molecule has 0 aliphatic rings. The van der Waals surface area contributed by atoms with Gasteiger partial charge in [0.2, 0.25) is 11.8 Å². The molecule has 0 saturated carbocycles. The van der Waals surface area contributed by atoms with Crippen molar-refractivity contribution in [1.29, 1.82) is 0 Å². The molecular formula is C31H39N3O6S. The van der Waals surface area contributed by atoms with Crippen LogP contribution in [0, 0.1) is 5.92 Å². The van der Waals surface area contributed by atoms with Crippen molar-refractivity contribution in [2.24, 2.45) is 5.92 Å². The van der Waals surface area contributed by atoms with E-state index in [-0.39, 0.29) is 34.7 Å². The van der Waals surface area contributed by atoms with E-state index in [1.807, 2.05) is 44.2 Å². The molecule has 3 rings (SSSR count). The molecule has 0 heterocycles. The van der Waals surface area contributed by atoms with Crippen LogP contribution in [0.2, 0.25) is 0 Å². The molecule has 1 N–H and O–H groups in total. The molecule has 0 aromatic heterocycles. The average molecular weight is 582 g/mol. The van der Waals surface area contributed by atoms with Crippen molar-refractivity contribution >= 4 is 27.5 Å². The maximum absolute atomic E-state index is 14.0. The van der Waals surface area contributed by atoms with E-state index < -0.39 is 28.5 Å². The highest BCUT2D eigenvalue weighted by molar-refractivity contribution is 7.92. The Morgan fingerprint density at radius 2 is 1.51 bits per heavy atom. The van der Waals surface area contributed by atoms with Gasteiger partial charge >= 0.3 is 0 Å². The molecule has 0 saturated heterocycles. The van der Waals surface area contributed by atoms with Gasteiger partial charge in [0, 0.05) is 19.2 Å². The standard InChI is InChI=1S/C31H39N3O6S/c1-23(2)21-32-31(36)24(3)33(19-18-25-12-8-6-9-13-25)30(35)22-34(41(37,38)27-14-10-7-11-15-27)28-20-26(39-4)16-17-29(28)40-5/h6-17,20,23-24H,18-19,21-22H2,1-5H3,(H,32,36). The summed E-state index contributed by atoms with van der Waals surface area (Å²) >= 11 is 0. The van der Waals surface area contributed by atoms with Crippen LogP contribution in [0.25, 0.3) is 0 Å². The first kappa shape index (κ1) is 31.5. The van der Waals surface area contributed by atoms with Gasteiger partial charge in [-0.3, -0.25) is 13.9 Å². The number of benzene rings is 3. The quantitative estimate of drug-likeness (QED) is 0.307. The van der Waals surface area contributed by atoms with Crippen LogP contribution in [0.15, 0.2) is 83.8 Å². The van der Waals surface area contributed by atoms with Crippen LogP contribution in [0.1, 0.15) is 26.3 Å². The predicted octanol–water partition coefficient (Wildman–Crippen LogP) is 4.13. The molecule has 0 radical (unpaired) electrons. The molecule has 0 fully saturated rings. The van der Waals surface area contributed by atoms with Crippen LogP contribution in [-0.2, 0) is 26.0 Å². The van der Waals surface area contributed by atoms with Gasteiger partial charge < -0.3 is 19.7 Å². The predicted molar refractivity (Wildman–Crippen MR) is 160 cm³/mol. The minimum atomic E-state index is -4.23. The fourth-order valence-corrected chi connectivity index (χ4v) is 5.68. The molecule has 2 amide bonds. The first-order chi connectivity index (χ1) is 19.6. The molecule has 0 aliphatic heterocycles. The number of ether oxygens (including phenoxy) is 2. The second kappa shape index (κ2) is 14.5. The monoisotopic (exact) mass is 581 g/mol. The Balaban J connectivity index is 2.04. The highest BCUT2D eigenvalue weighted by Gasteiger charge is 2.33. The van der Waals surface area contributed by atoms with Crippen molar-refractivity contribution in [3.63, 3.8) is 0 Å². The van der Waals surface area contributed by atoms with E-state index in [4.69, 9.17) is 9.47 Å². The number of amides is 2. The highest BCUT2D eigenvalue weighted by atomic mass is 32.2. The van der Waals surface area contributed by atoms with Gasteiger partial charge in [0.25, 0.3) is 10.0 Å². The van der Waals surface area contributed by atoms with Crippen molar-refractivity contribution in [3.05, 3.63) is 84.4 Å². The molecule has 10 heteroatoms. The largest absolute Gasteiger partial charge is 0.497 e. The van der Waals surface area contributed by atoms with Crippen LogP contribution in [0.5, 0.6) is 11.5 Å². The summed E-state index contributed by atoms with van der Waals surface area (Å²) in [5.41, 5.74) is 1.13. The molecule has 0 aliphatic carbocycles. The maximum Gasteiger partial charge on any atom is 0.264 e. The SMILES string of the molecule is COc1ccc(OC)c(N(CC(=O)N(CCc2ccccc2)C(C)C(=O)NCC(C)C)S(=O)(=O)c2ccccc2)c1. The Hall–Kier alpha value is -4.05. The average Bonchev–Trinajstić information content (AvgIpc) is 2.99. The van der Waals surface area contributed by atoms with E-state index in [0.29, 0.717) is 18.7 Å². The van der Waals surface area contributed by atoms with Gasteiger partial charge in [-0.15, -0.1) is 0 Å². The number of nitrogens with zero attached hydrogens (tertiary/aromatic N) is 2. The van der Waals surface area contributed by atoms with Crippen LogP contribution < -0.4 is 19.1 Å². The van der Waals surface area contributed by atoms with Crippen molar-refractivity contribution in [2.75, 3.05) is 38.2 Å². The molecule has 41 heavy (non-hydrogen) atoms. The fourth-order valence-electron chi connectivity index (χ4n) is 4.25. The number of rotatable bonds is 14. The smallest absolute Gasteiger partial charge is 0.264 e. The lowest BCUT2D eigenvalue weighted by molar-refractivity contribution is -0.138. The molecule has 1 unspecified atom stereocenters. The molecule has 3 aromatic rings. The lowest BCUT2D eigenvalue weighted by Gasteiger charge is -2.32.